The first-order chi connectivity index (χ1) is 9.58. The Morgan fingerprint density at radius 3 is 2.70 bits per heavy atom. The quantitative estimate of drug-likeness (QED) is 0.775. The Hall–Kier alpha value is -0.540. The third-order valence-corrected chi connectivity index (χ3v) is 5.95. The van der Waals surface area contributed by atoms with Crippen LogP contribution in [0.25, 0.3) is 0 Å². The van der Waals surface area contributed by atoms with E-state index in [1.807, 2.05) is 19.1 Å². The molecule has 0 spiro atoms. The van der Waals surface area contributed by atoms with Crippen LogP contribution in [0.5, 0.6) is 0 Å². The topological polar surface area (TPSA) is 29.1 Å². The lowest BCUT2D eigenvalue weighted by molar-refractivity contribution is 0.0922. The smallest absolute Gasteiger partial charge is 0.252 e. The number of rotatable bonds is 4. The Morgan fingerprint density at radius 2 is 2.05 bits per heavy atom. The SMILES string of the molecule is Cc1cccc(C(=O)NCC2(CBr)CCCCC2)c1Cl. The van der Waals surface area contributed by atoms with E-state index in [9.17, 15) is 4.79 Å². The van der Waals surface area contributed by atoms with Crippen molar-refractivity contribution in [3.05, 3.63) is 34.3 Å². The summed E-state index contributed by atoms with van der Waals surface area (Å²) in [6, 6.07) is 5.57. The molecule has 0 heterocycles. The van der Waals surface area contributed by atoms with Crippen LogP contribution >= 0.6 is 27.5 Å². The number of amides is 1. The van der Waals surface area contributed by atoms with Gasteiger partial charge < -0.3 is 5.32 Å². The number of hydrogen-bond acceptors (Lipinski definition) is 1. The van der Waals surface area contributed by atoms with Gasteiger partial charge in [0.2, 0.25) is 0 Å². The predicted octanol–water partition coefficient (Wildman–Crippen LogP) is 4.72. The van der Waals surface area contributed by atoms with Crippen LogP contribution in [0.2, 0.25) is 5.02 Å². The first kappa shape index (κ1) is 15.8. The van der Waals surface area contributed by atoms with E-state index in [0.717, 1.165) is 17.4 Å². The van der Waals surface area contributed by atoms with Gasteiger partial charge in [-0.05, 0) is 36.8 Å². The van der Waals surface area contributed by atoms with Crippen molar-refractivity contribution >= 4 is 33.4 Å². The van der Waals surface area contributed by atoms with Crippen molar-refractivity contribution in [2.75, 3.05) is 11.9 Å². The minimum absolute atomic E-state index is 0.0652. The molecule has 0 unspecified atom stereocenters. The fraction of sp³-hybridized carbons (Fsp3) is 0.562. The number of hydrogen-bond donors (Lipinski definition) is 1. The van der Waals surface area contributed by atoms with E-state index in [1.165, 1.54) is 32.1 Å². The summed E-state index contributed by atoms with van der Waals surface area (Å²) in [5, 5.41) is 4.58. The fourth-order valence-electron chi connectivity index (χ4n) is 2.85. The molecule has 0 aromatic heterocycles. The summed E-state index contributed by atoms with van der Waals surface area (Å²) < 4.78 is 0. The highest BCUT2D eigenvalue weighted by molar-refractivity contribution is 9.09. The van der Waals surface area contributed by atoms with E-state index >= 15 is 0 Å². The van der Waals surface area contributed by atoms with Gasteiger partial charge in [0, 0.05) is 11.9 Å². The zero-order valence-corrected chi connectivity index (χ0v) is 14.2. The molecule has 20 heavy (non-hydrogen) atoms. The van der Waals surface area contributed by atoms with Crippen LogP contribution in [-0.2, 0) is 0 Å². The average Bonchev–Trinajstić information content (AvgIpc) is 2.48. The van der Waals surface area contributed by atoms with Crippen LogP contribution in [0.1, 0.15) is 48.0 Å². The van der Waals surface area contributed by atoms with Crippen LogP contribution < -0.4 is 5.32 Å². The predicted molar refractivity (Wildman–Crippen MR) is 87.8 cm³/mol. The summed E-state index contributed by atoms with van der Waals surface area (Å²) in [7, 11) is 0. The number of nitrogens with one attached hydrogen (secondary N) is 1. The molecule has 0 bridgehead atoms. The molecule has 1 aromatic rings. The van der Waals surface area contributed by atoms with Gasteiger partial charge in [-0.1, -0.05) is 58.9 Å². The second kappa shape index (κ2) is 6.95. The van der Waals surface area contributed by atoms with Gasteiger partial charge in [0.1, 0.15) is 0 Å². The maximum absolute atomic E-state index is 12.3. The molecule has 0 aliphatic heterocycles. The highest BCUT2D eigenvalue weighted by atomic mass is 79.9. The van der Waals surface area contributed by atoms with Crippen LogP contribution in [-0.4, -0.2) is 17.8 Å². The minimum Gasteiger partial charge on any atom is -0.351 e. The lowest BCUT2D eigenvalue weighted by atomic mass is 9.75. The largest absolute Gasteiger partial charge is 0.351 e. The molecular formula is C16H21BrClNO. The number of halogens is 2. The second-order valence-electron chi connectivity index (χ2n) is 5.81. The van der Waals surface area contributed by atoms with Crippen molar-refractivity contribution in [2.24, 2.45) is 5.41 Å². The first-order valence-corrected chi connectivity index (χ1v) is 8.67. The fourth-order valence-corrected chi connectivity index (χ4v) is 3.82. The van der Waals surface area contributed by atoms with Gasteiger partial charge in [-0.3, -0.25) is 4.79 Å². The summed E-state index contributed by atoms with van der Waals surface area (Å²) in [4.78, 5) is 12.3. The van der Waals surface area contributed by atoms with E-state index in [-0.39, 0.29) is 11.3 Å². The lowest BCUT2D eigenvalue weighted by Crippen LogP contribution is -2.40. The monoisotopic (exact) mass is 357 g/mol. The maximum Gasteiger partial charge on any atom is 0.252 e. The zero-order valence-electron chi connectivity index (χ0n) is 11.8. The average molecular weight is 359 g/mol. The van der Waals surface area contributed by atoms with Crippen molar-refractivity contribution in [1.29, 1.82) is 0 Å². The van der Waals surface area contributed by atoms with Crippen LogP contribution in [0.3, 0.4) is 0 Å². The molecule has 1 aromatic carbocycles. The number of alkyl halides is 1. The highest BCUT2D eigenvalue weighted by Gasteiger charge is 2.31. The van der Waals surface area contributed by atoms with Crippen molar-refractivity contribution in [3.8, 4) is 0 Å². The molecule has 1 aliphatic rings. The van der Waals surface area contributed by atoms with Crippen molar-refractivity contribution in [3.63, 3.8) is 0 Å². The molecule has 1 N–H and O–H groups in total. The molecule has 0 atom stereocenters. The third-order valence-electron chi connectivity index (χ3n) is 4.26. The molecular weight excluding hydrogens is 338 g/mol. The maximum atomic E-state index is 12.3. The van der Waals surface area contributed by atoms with Gasteiger partial charge in [-0.2, -0.15) is 0 Å². The summed E-state index contributed by atoms with van der Waals surface area (Å²) in [5.41, 5.74) is 1.73. The second-order valence-corrected chi connectivity index (χ2v) is 6.75. The molecule has 1 aliphatic carbocycles. The lowest BCUT2D eigenvalue weighted by Gasteiger charge is -2.35. The van der Waals surface area contributed by atoms with Gasteiger partial charge in [0.15, 0.2) is 0 Å². The van der Waals surface area contributed by atoms with Gasteiger partial charge in [-0.25, -0.2) is 0 Å². The van der Waals surface area contributed by atoms with Gasteiger partial charge >= 0.3 is 0 Å². The van der Waals surface area contributed by atoms with Gasteiger partial charge in [0.05, 0.1) is 10.6 Å². The Bertz CT molecular complexity index is 483. The molecule has 1 fully saturated rings. The van der Waals surface area contributed by atoms with Crippen LogP contribution in [0, 0.1) is 12.3 Å². The Labute approximate surface area is 134 Å². The summed E-state index contributed by atoms with van der Waals surface area (Å²) >= 11 is 9.83. The van der Waals surface area contributed by atoms with Gasteiger partial charge in [0.25, 0.3) is 5.91 Å². The molecule has 2 rings (SSSR count). The van der Waals surface area contributed by atoms with Crippen molar-refractivity contribution < 1.29 is 4.79 Å². The molecule has 0 saturated heterocycles. The van der Waals surface area contributed by atoms with E-state index in [2.05, 4.69) is 21.2 Å². The molecule has 0 radical (unpaired) electrons. The van der Waals surface area contributed by atoms with Crippen molar-refractivity contribution in [1.82, 2.24) is 5.32 Å². The van der Waals surface area contributed by atoms with E-state index in [1.54, 1.807) is 6.07 Å². The molecule has 110 valence electrons. The number of benzene rings is 1. The number of carbonyl (C=O) groups excluding carboxylic acids is 1. The molecule has 1 saturated carbocycles. The van der Waals surface area contributed by atoms with E-state index in [4.69, 9.17) is 11.6 Å². The number of aryl methyl sites for hydroxylation is 1. The van der Waals surface area contributed by atoms with Crippen molar-refractivity contribution in [2.45, 2.75) is 39.0 Å². The zero-order chi connectivity index (χ0) is 14.6. The molecule has 1 amide bonds. The number of carbonyl (C=O) groups is 1. The minimum atomic E-state index is -0.0652. The normalized spacial score (nSPS) is 17.8. The van der Waals surface area contributed by atoms with Crippen LogP contribution in [0.15, 0.2) is 18.2 Å². The van der Waals surface area contributed by atoms with Gasteiger partial charge in [-0.15, -0.1) is 0 Å². The van der Waals surface area contributed by atoms with Crippen LogP contribution in [0.4, 0.5) is 0 Å². The Morgan fingerprint density at radius 1 is 1.35 bits per heavy atom. The Balaban J connectivity index is 2.02. The van der Waals surface area contributed by atoms with E-state index < -0.39 is 0 Å². The summed E-state index contributed by atoms with van der Waals surface area (Å²) in [6.45, 7) is 2.64. The first-order valence-electron chi connectivity index (χ1n) is 7.17. The molecule has 4 heteroatoms. The highest BCUT2D eigenvalue weighted by Crippen LogP contribution is 2.37. The Kier molecular flexibility index (Phi) is 5.50. The molecule has 2 nitrogen and oxygen atoms in total. The van der Waals surface area contributed by atoms with E-state index in [0.29, 0.717) is 10.6 Å². The summed E-state index contributed by atoms with van der Waals surface area (Å²) in [6.07, 6.45) is 6.19. The summed E-state index contributed by atoms with van der Waals surface area (Å²) in [5.74, 6) is -0.0652. The third kappa shape index (κ3) is 3.56. The standard InChI is InChI=1S/C16H21BrClNO/c1-12-6-5-7-13(14(12)18)15(20)19-11-16(10-17)8-3-2-4-9-16/h5-7H,2-4,8-11H2,1H3,(H,19,20).